The summed E-state index contributed by atoms with van der Waals surface area (Å²) in [6, 6.07) is 12.3. The van der Waals surface area contributed by atoms with Gasteiger partial charge in [-0.2, -0.15) is 0 Å². The summed E-state index contributed by atoms with van der Waals surface area (Å²) >= 11 is 0. The number of carbonyl (C=O) groups is 1. The van der Waals surface area contributed by atoms with Gasteiger partial charge in [-0.3, -0.25) is 4.79 Å². The highest BCUT2D eigenvalue weighted by Crippen LogP contribution is 2.19. The van der Waals surface area contributed by atoms with Crippen LogP contribution in [-0.4, -0.2) is 25.0 Å². The Morgan fingerprint density at radius 3 is 2.32 bits per heavy atom. The molecular weight excluding hydrogens is 281 g/mol. The van der Waals surface area contributed by atoms with E-state index in [1.165, 1.54) is 18.7 Å². The van der Waals surface area contributed by atoms with Crippen molar-refractivity contribution < 1.29 is 13.9 Å². The number of rotatable bonds is 5. The van der Waals surface area contributed by atoms with Gasteiger partial charge in [0.2, 0.25) is 0 Å². The highest BCUT2D eigenvalue weighted by Gasteiger charge is 2.13. The highest BCUT2D eigenvalue weighted by molar-refractivity contribution is 5.94. The van der Waals surface area contributed by atoms with E-state index in [4.69, 9.17) is 4.74 Å². The van der Waals surface area contributed by atoms with Gasteiger partial charge < -0.3 is 9.64 Å². The second-order valence-corrected chi connectivity index (χ2v) is 5.18. The molecule has 1 amide bonds. The molecule has 2 aromatic carbocycles. The number of hydrogen-bond acceptors (Lipinski definition) is 2. The summed E-state index contributed by atoms with van der Waals surface area (Å²) in [4.78, 5) is 13.9. The number of methoxy groups -OCH3 is 1. The minimum atomic E-state index is -0.423. The van der Waals surface area contributed by atoms with Crippen molar-refractivity contribution in [3.05, 3.63) is 65.0 Å². The number of amides is 1. The first-order valence-electron chi connectivity index (χ1n) is 7.22. The predicted molar refractivity (Wildman–Crippen MR) is 84.6 cm³/mol. The normalized spacial score (nSPS) is 10.4. The summed E-state index contributed by atoms with van der Waals surface area (Å²) in [7, 11) is 3.13. The number of hydrogen-bond donors (Lipinski definition) is 0. The second-order valence-electron chi connectivity index (χ2n) is 5.18. The first-order chi connectivity index (χ1) is 10.5. The van der Waals surface area contributed by atoms with Gasteiger partial charge in [0.15, 0.2) is 11.6 Å². The Morgan fingerprint density at radius 1 is 1.14 bits per heavy atom. The van der Waals surface area contributed by atoms with Crippen LogP contribution in [0, 0.1) is 5.82 Å². The number of aryl methyl sites for hydroxylation is 1. The van der Waals surface area contributed by atoms with E-state index in [9.17, 15) is 9.18 Å². The molecule has 22 heavy (non-hydrogen) atoms. The van der Waals surface area contributed by atoms with Gasteiger partial charge >= 0.3 is 0 Å². The third kappa shape index (κ3) is 3.64. The predicted octanol–water partition coefficient (Wildman–Crippen LogP) is 3.67. The summed E-state index contributed by atoms with van der Waals surface area (Å²) in [5.74, 6) is -0.306. The number of halogens is 1. The molecule has 0 radical (unpaired) electrons. The van der Waals surface area contributed by atoms with E-state index in [1.807, 2.05) is 24.3 Å². The zero-order chi connectivity index (χ0) is 16.1. The lowest BCUT2D eigenvalue weighted by Gasteiger charge is -2.18. The van der Waals surface area contributed by atoms with Gasteiger partial charge in [-0.1, -0.05) is 25.1 Å². The highest BCUT2D eigenvalue weighted by atomic mass is 19.1. The van der Waals surface area contributed by atoms with Gasteiger partial charge in [0, 0.05) is 19.2 Å². The number of carbonyl (C=O) groups excluding carboxylic acids is 1. The third-order valence-corrected chi connectivity index (χ3v) is 3.59. The Hall–Kier alpha value is -2.36. The quantitative estimate of drug-likeness (QED) is 0.843. The zero-order valence-electron chi connectivity index (χ0n) is 13.1. The monoisotopic (exact) mass is 301 g/mol. The van der Waals surface area contributed by atoms with Crippen molar-refractivity contribution >= 4 is 5.91 Å². The van der Waals surface area contributed by atoms with Crippen LogP contribution in [0.15, 0.2) is 42.5 Å². The fourth-order valence-electron chi connectivity index (χ4n) is 2.26. The van der Waals surface area contributed by atoms with Crippen LogP contribution in [-0.2, 0) is 13.0 Å². The molecule has 0 atom stereocenters. The van der Waals surface area contributed by atoms with Crippen LogP contribution in [0.4, 0.5) is 4.39 Å². The molecule has 2 rings (SSSR count). The minimum absolute atomic E-state index is 0.0844. The minimum Gasteiger partial charge on any atom is -0.494 e. The van der Waals surface area contributed by atoms with Crippen LogP contribution in [0.1, 0.15) is 28.4 Å². The fourth-order valence-corrected chi connectivity index (χ4v) is 2.26. The van der Waals surface area contributed by atoms with Crippen molar-refractivity contribution in [1.29, 1.82) is 0 Å². The molecule has 0 aliphatic rings. The van der Waals surface area contributed by atoms with E-state index in [-0.39, 0.29) is 11.7 Å². The molecule has 0 aliphatic heterocycles. The summed E-state index contributed by atoms with van der Waals surface area (Å²) in [6.07, 6.45) is 0.940. The standard InChI is InChI=1S/C18H20FNO2/c1-4-13-5-8-15(9-6-13)18(21)20(2)12-14-7-10-17(22-3)16(19)11-14/h5-11H,4,12H2,1-3H3. The molecule has 0 saturated carbocycles. The van der Waals surface area contributed by atoms with Crippen molar-refractivity contribution in [1.82, 2.24) is 4.90 Å². The topological polar surface area (TPSA) is 29.5 Å². The van der Waals surface area contributed by atoms with Gasteiger partial charge in [-0.05, 0) is 41.8 Å². The van der Waals surface area contributed by atoms with Crippen LogP contribution < -0.4 is 4.74 Å². The van der Waals surface area contributed by atoms with E-state index < -0.39 is 5.82 Å². The molecule has 0 bridgehead atoms. The summed E-state index contributed by atoms with van der Waals surface area (Å²) in [5.41, 5.74) is 2.55. The van der Waals surface area contributed by atoms with E-state index in [0.717, 1.165) is 12.0 Å². The largest absolute Gasteiger partial charge is 0.494 e. The summed E-state index contributed by atoms with van der Waals surface area (Å²) in [6.45, 7) is 2.41. The van der Waals surface area contributed by atoms with Crippen molar-refractivity contribution in [3.8, 4) is 5.75 Å². The van der Waals surface area contributed by atoms with Crippen LogP contribution in [0.2, 0.25) is 0 Å². The van der Waals surface area contributed by atoms with Gasteiger partial charge in [-0.15, -0.1) is 0 Å². The molecule has 0 fully saturated rings. The van der Waals surface area contributed by atoms with Crippen LogP contribution in [0.25, 0.3) is 0 Å². The van der Waals surface area contributed by atoms with Crippen molar-refractivity contribution in [3.63, 3.8) is 0 Å². The van der Waals surface area contributed by atoms with E-state index >= 15 is 0 Å². The molecule has 0 aliphatic carbocycles. The second kappa shape index (κ2) is 7.07. The van der Waals surface area contributed by atoms with Crippen molar-refractivity contribution in [2.24, 2.45) is 0 Å². The lowest BCUT2D eigenvalue weighted by molar-refractivity contribution is 0.0785. The van der Waals surface area contributed by atoms with Crippen LogP contribution in [0.5, 0.6) is 5.75 Å². The molecule has 0 aromatic heterocycles. The molecular formula is C18H20FNO2. The van der Waals surface area contributed by atoms with Gasteiger partial charge in [0.05, 0.1) is 7.11 Å². The third-order valence-electron chi connectivity index (χ3n) is 3.59. The molecule has 3 nitrogen and oxygen atoms in total. The Balaban J connectivity index is 2.08. The van der Waals surface area contributed by atoms with Crippen molar-refractivity contribution in [2.75, 3.05) is 14.2 Å². The molecule has 0 unspecified atom stereocenters. The molecule has 116 valence electrons. The van der Waals surface area contributed by atoms with Crippen LogP contribution >= 0.6 is 0 Å². The fraction of sp³-hybridized carbons (Fsp3) is 0.278. The molecule has 0 N–H and O–H groups in total. The molecule has 0 spiro atoms. The van der Waals surface area contributed by atoms with E-state index in [1.54, 1.807) is 24.1 Å². The maximum Gasteiger partial charge on any atom is 0.253 e. The van der Waals surface area contributed by atoms with E-state index in [2.05, 4.69) is 6.92 Å². The molecule has 0 heterocycles. The molecule has 2 aromatic rings. The van der Waals surface area contributed by atoms with Crippen LogP contribution in [0.3, 0.4) is 0 Å². The first kappa shape index (κ1) is 16.0. The number of benzene rings is 2. The first-order valence-corrected chi connectivity index (χ1v) is 7.22. The Labute approximate surface area is 130 Å². The molecule has 0 saturated heterocycles. The van der Waals surface area contributed by atoms with E-state index in [0.29, 0.717) is 12.1 Å². The van der Waals surface area contributed by atoms with Gasteiger partial charge in [0.25, 0.3) is 5.91 Å². The number of ether oxygens (including phenoxy) is 1. The molecule has 4 heteroatoms. The maximum absolute atomic E-state index is 13.7. The number of nitrogens with zero attached hydrogens (tertiary/aromatic N) is 1. The Bertz CT molecular complexity index is 653. The summed E-state index contributed by atoms with van der Waals surface area (Å²) < 4.78 is 18.6. The average Bonchev–Trinajstić information content (AvgIpc) is 2.54. The Morgan fingerprint density at radius 2 is 1.77 bits per heavy atom. The van der Waals surface area contributed by atoms with Crippen molar-refractivity contribution in [2.45, 2.75) is 19.9 Å². The van der Waals surface area contributed by atoms with Gasteiger partial charge in [-0.25, -0.2) is 4.39 Å². The zero-order valence-corrected chi connectivity index (χ0v) is 13.1. The lowest BCUT2D eigenvalue weighted by Crippen LogP contribution is -2.26. The smallest absolute Gasteiger partial charge is 0.253 e. The van der Waals surface area contributed by atoms with Gasteiger partial charge in [0.1, 0.15) is 0 Å². The Kier molecular flexibility index (Phi) is 5.15. The SMILES string of the molecule is CCc1ccc(C(=O)N(C)Cc2ccc(OC)c(F)c2)cc1. The average molecular weight is 301 g/mol. The maximum atomic E-state index is 13.7. The summed E-state index contributed by atoms with van der Waals surface area (Å²) in [5, 5.41) is 0. The lowest BCUT2D eigenvalue weighted by atomic mass is 10.1.